The first-order chi connectivity index (χ1) is 13.5. The van der Waals surface area contributed by atoms with Crippen LogP contribution in [0.4, 0.5) is 0 Å². The van der Waals surface area contributed by atoms with Gasteiger partial charge in [0.25, 0.3) is 5.56 Å². The third-order valence-corrected chi connectivity index (χ3v) is 4.92. The fourth-order valence-corrected chi connectivity index (χ4v) is 3.58. The molecular weight excluding hydrogens is 348 g/mol. The summed E-state index contributed by atoms with van der Waals surface area (Å²) >= 11 is 0. The van der Waals surface area contributed by atoms with Gasteiger partial charge in [-0.3, -0.25) is 9.48 Å². The minimum absolute atomic E-state index is 0.0219. The predicted octanol–water partition coefficient (Wildman–Crippen LogP) is 3.51. The molecule has 0 unspecified atom stereocenters. The van der Waals surface area contributed by atoms with Gasteiger partial charge >= 0.3 is 0 Å². The van der Waals surface area contributed by atoms with E-state index in [0.29, 0.717) is 6.54 Å². The van der Waals surface area contributed by atoms with Crippen molar-refractivity contribution in [1.29, 1.82) is 0 Å². The highest BCUT2D eigenvalue weighted by molar-refractivity contribution is 5.96. The van der Waals surface area contributed by atoms with Gasteiger partial charge in [-0.2, -0.15) is 5.10 Å². The monoisotopic (exact) mass is 372 g/mol. The van der Waals surface area contributed by atoms with E-state index in [9.17, 15) is 4.79 Å². The Morgan fingerprint density at radius 3 is 2.43 bits per heavy atom. The predicted molar refractivity (Wildman–Crippen MR) is 113 cm³/mol. The molecule has 0 saturated carbocycles. The number of rotatable bonds is 5. The summed E-state index contributed by atoms with van der Waals surface area (Å²) in [4.78, 5) is 14.8. The van der Waals surface area contributed by atoms with Crippen LogP contribution in [-0.4, -0.2) is 33.3 Å². The highest BCUT2D eigenvalue weighted by atomic mass is 16.1. The van der Waals surface area contributed by atoms with Gasteiger partial charge in [-0.1, -0.05) is 30.3 Å². The molecule has 0 amide bonds. The minimum Gasteiger partial charge on any atom is -0.317 e. The molecule has 2 aromatic carbocycles. The van der Waals surface area contributed by atoms with Gasteiger partial charge in [-0.25, -0.2) is 0 Å². The SMILES string of the molecule is CN(C)Cc1ccc(-c2cn(C)c(=O)c3ccc(Cn4cccn4)cc23)cc1. The van der Waals surface area contributed by atoms with E-state index in [1.54, 1.807) is 10.8 Å². The van der Waals surface area contributed by atoms with Gasteiger partial charge in [0, 0.05) is 43.1 Å². The average molecular weight is 372 g/mol. The van der Waals surface area contributed by atoms with Crippen LogP contribution in [0, 0.1) is 0 Å². The second-order valence-electron chi connectivity index (χ2n) is 7.48. The van der Waals surface area contributed by atoms with Crippen LogP contribution in [0.15, 0.2) is 71.9 Å². The summed E-state index contributed by atoms with van der Waals surface area (Å²) in [6.45, 7) is 1.59. The van der Waals surface area contributed by atoms with Crippen molar-refractivity contribution in [2.75, 3.05) is 14.1 Å². The molecular formula is C23H24N4O. The molecule has 0 saturated heterocycles. The molecule has 5 heteroatoms. The third kappa shape index (κ3) is 3.62. The molecule has 5 nitrogen and oxygen atoms in total. The molecule has 0 atom stereocenters. The molecule has 0 radical (unpaired) electrons. The summed E-state index contributed by atoms with van der Waals surface area (Å²) in [5.41, 5.74) is 4.58. The minimum atomic E-state index is 0.0219. The Morgan fingerprint density at radius 1 is 1.00 bits per heavy atom. The molecule has 0 aliphatic rings. The Bertz CT molecular complexity index is 1160. The number of nitrogens with zero attached hydrogens (tertiary/aromatic N) is 4. The van der Waals surface area contributed by atoms with Crippen molar-refractivity contribution in [1.82, 2.24) is 19.2 Å². The van der Waals surface area contributed by atoms with Gasteiger partial charge in [-0.15, -0.1) is 0 Å². The Kier molecular flexibility index (Phi) is 4.84. The molecule has 4 rings (SSSR count). The fourth-order valence-electron chi connectivity index (χ4n) is 3.58. The lowest BCUT2D eigenvalue weighted by Gasteiger charge is -2.13. The number of hydrogen-bond acceptors (Lipinski definition) is 3. The molecule has 0 spiro atoms. The van der Waals surface area contributed by atoms with Crippen molar-refractivity contribution in [3.8, 4) is 11.1 Å². The maximum Gasteiger partial charge on any atom is 0.258 e. The zero-order valence-electron chi connectivity index (χ0n) is 16.5. The number of hydrogen-bond donors (Lipinski definition) is 0. The molecule has 2 aromatic heterocycles. The third-order valence-electron chi connectivity index (χ3n) is 4.92. The summed E-state index contributed by atoms with van der Waals surface area (Å²) in [5.74, 6) is 0. The van der Waals surface area contributed by atoms with E-state index in [4.69, 9.17) is 0 Å². The summed E-state index contributed by atoms with van der Waals surface area (Å²) in [7, 11) is 5.94. The summed E-state index contributed by atoms with van der Waals surface area (Å²) in [5, 5.41) is 6.00. The number of fused-ring (bicyclic) bond motifs is 1. The average Bonchev–Trinajstić information content (AvgIpc) is 3.18. The molecule has 0 aliphatic heterocycles. The van der Waals surface area contributed by atoms with Gasteiger partial charge in [0.15, 0.2) is 0 Å². The highest BCUT2D eigenvalue weighted by Crippen LogP contribution is 2.28. The van der Waals surface area contributed by atoms with Crippen molar-refractivity contribution in [2.45, 2.75) is 13.1 Å². The molecule has 28 heavy (non-hydrogen) atoms. The molecule has 4 aromatic rings. The standard InChI is InChI=1S/C23H24N4O/c1-25(2)14-17-5-8-19(9-6-17)22-16-26(3)23(28)20-10-7-18(13-21(20)22)15-27-12-4-11-24-27/h4-13,16H,14-15H2,1-3H3. The molecule has 0 fully saturated rings. The van der Waals surface area contributed by atoms with Crippen molar-refractivity contribution in [2.24, 2.45) is 7.05 Å². The molecule has 2 heterocycles. The van der Waals surface area contributed by atoms with Crippen LogP contribution in [0.25, 0.3) is 21.9 Å². The summed E-state index contributed by atoms with van der Waals surface area (Å²) < 4.78 is 3.55. The molecule has 0 N–H and O–H groups in total. The lowest BCUT2D eigenvalue weighted by atomic mass is 9.98. The van der Waals surface area contributed by atoms with Crippen LogP contribution < -0.4 is 5.56 Å². The Balaban J connectivity index is 1.82. The summed E-state index contributed by atoms with van der Waals surface area (Å²) in [6, 6.07) is 16.5. The van der Waals surface area contributed by atoms with E-state index >= 15 is 0 Å². The quantitative estimate of drug-likeness (QED) is 0.538. The second-order valence-corrected chi connectivity index (χ2v) is 7.48. The molecule has 0 bridgehead atoms. The summed E-state index contributed by atoms with van der Waals surface area (Å²) in [6.07, 6.45) is 5.65. The van der Waals surface area contributed by atoms with Crippen LogP contribution in [0.3, 0.4) is 0 Å². The van der Waals surface area contributed by atoms with Crippen molar-refractivity contribution in [3.05, 3.63) is 88.6 Å². The van der Waals surface area contributed by atoms with Gasteiger partial charge in [0.1, 0.15) is 0 Å². The topological polar surface area (TPSA) is 43.1 Å². The van der Waals surface area contributed by atoms with E-state index < -0.39 is 0 Å². The number of aromatic nitrogens is 3. The lowest BCUT2D eigenvalue weighted by molar-refractivity contribution is 0.402. The van der Waals surface area contributed by atoms with Crippen molar-refractivity contribution >= 4 is 10.8 Å². The highest BCUT2D eigenvalue weighted by Gasteiger charge is 2.11. The van der Waals surface area contributed by atoms with E-state index in [0.717, 1.165) is 34.0 Å². The van der Waals surface area contributed by atoms with Crippen LogP contribution in [0.2, 0.25) is 0 Å². The zero-order chi connectivity index (χ0) is 19.7. The van der Waals surface area contributed by atoms with Gasteiger partial charge in [0.2, 0.25) is 0 Å². The molecule has 0 aliphatic carbocycles. The Hall–Kier alpha value is -3.18. The van der Waals surface area contributed by atoms with Crippen molar-refractivity contribution < 1.29 is 0 Å². The zero-order valence-corrected chi connectivity index (χ0v) is 16.5. The maximum atomic E-state index is 12.7. The first kappa shape index (κ1) is 18.2. The first-order valence-corrected chi connectivity index (χ1v) is 9.35. The van der Waals surface area contributed by atoms with Crippen LogP contribution >= 0.6 is 0 Å². The first-order valence-electron chi connectivity index (χ1n) is 9.35. The fraction of sp³-hybridized carbons (Fsp3) is 0.217. The van der Waals surface area contributed by atoms with Gasteiger partial charge in [0.05, 0.1) is 6.54 Å². The van der Waals surface area contributed by atoms with Crippen molar-refractivity contribution in [3.63, 3.8) is 0 Å². The van der Waals surface area contributed by atoms with E-state index in [2.05, 4.69) is 54.4 Å². The second kappa shape index (κ2) is 7.44. The van der Waals surface area contributed by atoms with Crippen LogP contribution in [0.1, 0.15) is 11.1 Å². The largest absolute Gasteiger partial charge is 0.317 e. The normalized spacial score (nSPS) is 11.4. The number of pyridine rings is 1. The number of benzene rings is 2. The van der Waals surface area contributed by atoms with E-state index in [-0.39, 0.29) is 5.56 Å². The van der Waals surface area contributed by atoms with Crippen LogP contribution in [-0.2, 0) is 20.1 Å². The van der Waals surface area contributed by atoms with E-state index in [1.807, 2.05) is 42.3 Å². The van der Waals surface area contributed by atoms with Gasteiger partial charge in [-0.05, 0) is 54.4 Å². The van der Waals surface area contributed by atoms with Gasteiger partial charge < -0.3 is 9.47 Å². The molecule has 142 valence electrons. The smallest absolute Gasteiger partial charge is 0.258 e. The van der Waals surface area contributed by atoms with E-state index in [1.165, 1.54) is 5.56 Å². The Morgan fingerprint density at radius 2 is 1.75 bits per heavy atom. The lowest BCUT2D eigenvalue weighted by Crippen LogP contribution is -2.16. The van der Waals surface area contributed by atoms with Crippen LogP contribution in [0.5, 0.6) is 0 Å². The maximum absolute atomic E-state index is 12.7. The number of aryl methyl sites for hydroxylation is 1. The Labute approximate surface area is 164 Å².